The first-order valence-electron chi connectivity index (χ1n) is 6.48. The van der Waals surface area contributed by atoms with Gasteiger partial charge in [0, 0.05) is 23.5 Å². The predicted octanol–water partition coefficient (Wildman–Crippen LogP) is 2.52. The van der Waals surface area contributed by atoms with E-state index in [1.54, 1.807) is 11.8 Å². The Balaban J connectivity index is 2.83. The van der Waals surface area contributed by atoms with E-state index in [1.807, 2.05) is 58.5 Å². The Morgan fingerprint density at radius 2 is 1.89 bits per heavy atom. The number of benzene rings is 1. The Kier molecular flexibility index (Phi) is 6.04. The van der Waals surface area contributed by atoms with Gasteiger partial charge >= 0.3 is 0 Å². The maximum Gasteiger partial charge on any atom is 0.182 e. The molecule has 0 bridgehead atoms. The van der Waals surface area contributed by atoms with E-state index in [1.165, 1.54) is 4.90 Å². The molecule has 0 unspecified atom stereocenters. The number of nitrogens with zero attached hydrogens (tertiary/aromatic N) is 1. The lowest BCUT2D eigenvalue weighted by Crippen LogP contribution is -2.49. The maximum absolute atomic E-state index is 12.6. The van der Waals surface area contributed by atoms with Crippen LogP contribution in [0, 0.1) is 0 Å². The van der Waals surface area contributed by atoms with Crippen molar-refractivity contribution in [2.24, 2.45) is 0 Å². The van der Waals surface area contributed by atoms with Crippen molar-refractivity contribution in [2.45, 2.75) is 24.3 Å². The minimum absolute atomic E-state index is 0.166. The Morgan fingerprint density at radius 1 is 1.32 bits per heavy atom. The quantitative estimate of drug-likeness (QED) is 0.614. The fourth-order valence-electron chi connectivity index (χ4n) is 1.83. The molecule has 0 fully saturated rings. The second kappa shape index (κ2) is 7.08. The summed E-state index contributed by atoms with van der Waals surface area (Å²) >= 11 is 1.68. The van der Waals surface area contributed by atoms with E-state index in [9.17, 15) is 4.79 Å². The number of likely N-dealkylation sites (N-methyl/N-ethyl adjacent to an activating group) is 2. The van der Waals surface area contributed by atoms with Crippen LogP contribution in [0.2, 0.25) is 0 Å². The molecule has 0 aliphatic rings. The molecule has 3 nitrogen and oxygen atoms in total. The van der Waals surface area contributed by atoms with Gasteiger partial charge in [-0.2, -0.15) is 0 Å². The minimum Gasteiger partial charge on any atom is -0.318 e. The summed E-state index contributed by atoms with van der Waals surface area (Å²) in [7, 11) is 3.91. The van der Waals surface area contributed by atoms with Crippen molar-refractivity contribution in [3.63, 3.8) is 0 Å². The van der Waals surface area contributed by atoms with Crippen LogP contribution in [0.15, 0.2) is 29.2 Å². The first-order valence-corrected chi connectivity index (χ1v) is 7.70. The highest BCUT2D eigenvalue weighted by Crippen LogP contribution is 2.21. The van der Waals surface area contributed by atoms with Crippen molar-refractivity contribution < 1.29 is 4.79 Å². The summed E-state index contributed by atoms with van der Waals surface area (Å²) in [6.45, 7) is 5.68. The first-order chi connectivity index (χ1) is 8.93. The Hall–Kier alpha value is -0.840. The smallest absolute Gasteiger partial charge is 0.182 e. The van der Waals surface area contributed by atoms with Crippen molar-refractivity contribution in [2.75, 3.05) is 33.4 Å². The van der Waals surface area contributed by atoms with Crippen LogP contribution >= 0.6 is 11.8 Å². The lowest BCUT2D eigenvalue weighted by molar-refractivity contribution is 0.0710. The number of hydrogen-bond donors (Lipinski definition) is 1. The van der Waals surface area contributed by atoms with Gasteiger partial charge in [-0.1, -0.05) is 12.1 Å². The normalized spacial score (nSPS) is 11.9. The summed E-state index contributed by atoms with van der Waals surface area (Å²) in [5, 5.41) is 3.11. The number of thioether (sulfide) groups is 1. The molecular formula is C15H24N2OS. The number of hydrogen-bond acceptors (Lipinski definition) is 4. The molecule has 4 heteroatoms. The summed E-state index contributed by atoms with van der Waals surface area (Å²) in [6, 6.07) is 7.84. The third kappa shape index (κ3) is 4.06. The summed E-state index contributed by atoms with van der Waals surface area (Å²) < 4.78 is 0. The molecule has 0 atom stereocenters. The van der Waals surface area contributed by atoms with Gasteiger partial charge in [0.05, 0.1) is 5.54 Å². The molecule has 106 valence electrons. The van der Waals surface area contributed by atoms with E-state index in [4.69, 9.17) is 0 Å². The first kappa shape index (κ1) is 16.2. The minimum atomic E-state index is -0.488. The molecular weight excluding hydrogens is 256 g/mol. The second-order valence-corrected chi connectivity index (χ2v) is 6.02. The van der Waals surface area contributed by atoms with Crippen molar-refractivity contribution >= 4 is 17.5 Å². The number of Topliss-reactive ketones (excluding diaryl/α,β-unsaturated/α-hetero) is 1. The van der Waals surface area contributed by atoms with Gasteiger partial charge in [0.1, 0.15) is 0 Å². The van der Waals surface area contributed by atoms with E-state index < -0.39 is 5.54 Å². The molecule has 19 heavy (non-hydrogen) atoms. The summed E-state index contributed by atoms with van der Waals surface area (Å²) in [6.07, 6.45) is 2.03. The standard InChI is InChI=1S/C15H24N2OS/c1-15(2,17(4)11-10-16-3)14(18)12-6-8-13(19-5)9-7-12/h6-9,16H,10-11H2,1-5H3. The van der Waals surface area contributed by atoms with Gasteiger partial charge < -0.3 is 5.32 Å². The molecule has 0 aromatic heterocycles. The molecule has 1 aromatic rings. The lowest BCUT2D eigenvalue weighted by Gasteiger charge is -2.34. The molecule has 1 aromatic carbocycles. The van der Waals surface area contributed by atoms with Gasteiger partial charge in [0.25, 0.3) is 0 Å². The average molecular weight is 280 g/mol. The molecule has 0 aliphatic carbocycles. The highest BCUT2D eigenvalue weighted by atomic mass is 32.2. The van der Waals surface area contributed by atoms with Crippen LogP contribution in [0.25, 0.3) is 0 Å². The van der Waals surface area contributed by atoms with Crippen LogP contribution in [0.5, 0.6) is 0 Å². The van der Waals surface area contributed by atoms with E-state index in [0.29, 0.717) is 0 Å². The molecule has 0 aliphatic heterocycles. The predicted molar refractivity (Wildman–Crippen MR) is 83.2 cm³/mol. The highest BCUT2D eigenvalue weighted by molar-refractivity contribution is 7.98. The molecule has 0 spiro atoms. The Labute approximate surface area is 120 Å². The van der Waals surface area contributed by atoms with Gasteiger partial charge in [-0.05, 0) is 46.3 Å². The fraction of sp³-hybridized carbons (Fsp3) is 0.533. The largest absolute Gasteiger partial charge is 0.318 e. The van der Waals surface area contributed by atoms with Crippen LogP contribution in [0.3, 0.4) is 0 Å². The van der Waals surface area contributed by atoms with Crippen molar-refractivity contribution in [3.05, 3.63) is 29.8 Å². The zero-order valence-electron chi connectivity index (χ0n) is 12.5. The van der Waals surface area contributed by atoms with Crippen LogP contribution in [0.4, 0.5) is 0 Å². The second-order valence-electron chi connectivity index (χ2n) is 5.14. The molecule has 0 amide bonds. The molecule has 0 saturated carbocycles. The third-order valence-corrected chi connectivity index (χ3v) is 4.30. The summed E-state index contributed by atoms with van der Waals surface area (Å²) in [5.74, 6) is 0.166. The number of carbonyl (C=O) groups is 1. The monoisotopic (exact) mass is 280 g/mol. The molecule has 0 saturated heterocycles. The Morgan fingerprint density at radius 3 is 2.37 bits per heavy atom. The number of nitrogens with one attached hydrogen (secondary N) is 1. The van der Waals surface area contributed by atoms with Gasteiger partial charge in [0.15, 0.2) is 5.78 Å². The zero-order valence-corrected chi connectivity index (χ0v) is 13.3. The third-order valence-electron chi connectivity index (χ3n) is 3.56. The SMILES string of the molecule is CNCCN(C)C(C)(C)C(=O)c1ccc(SC)cc1. The number of rotatable bonds is 7. The van der Waals surface area contributed by atoms with Crippen LogP contribution in [-0.4, -0.2) is 49.7 Å². The summed E-state index contributed by atoms with van der Waals surface area (Å²) in [5.41, 5.74) is 0.289. The van der Waals surface area contributed by atoms with Gasteiger partial charge in [0.2, 0.25) is 0 Å². The van der Waals surface area contributed by atoms with Crippen LogP contribution in [-0.2, 0) is 0 Å². The molecule has 1 rings (SSSR count). The van der Waals surface area contributed by atoms with Crippen LogP contribution < -0.4 is 5.32 Å². The zero-order chi connectivity index (χ0) is 14.5. The van der Waals surface area contributed by atoms with Crippen molar-refractivity contribution in [1.82, 2.24) is 10.2 Å². The van der Waals surface area contributed by atoms with E-state index in [2.05, 4.69) is 10.2 Å². The fourth-order valence-corrected chi connectivity index (χ4v) is 2.24. The van der Waals surface area contributed by atoms with Gasteiger partial charge in [-0.3, -0.25) is 9.69 Å². The van der Waals surface area contributed by atoms with Gasteiger partial charge in [-0.15, -0.1) is 11.8 Å². The van der Waals surface area contributed by atoms with E-state index in [0.717, 1.165) is 18.7 Å². The summed E-state index contributed by atoms with van der Waals surface area (Å²) in [4.78, 5) is 15.9. The molecule has 0 radical (unpaired) electrons. The highest BCUT2D eigenvalue weighted by Gasteiger charge is 2.32. The maximum atomic E-state index is 12.6. The molecule has 0 heterocycles. The number of carbonyl (C=O) groups excluding carboxylic acids is 1. The van der Waals surface area contributed by atoms with Gasteiger partial charge in [-0.25, -0.2) is 0 Å². The Bertz CT molecular complexity index is 415. The topological polar surface area (TPSA) is 32.3 Å². The van der Waals surface area contributed by atoms with Crippen molar-refractivity contribution in [3.8, 4) is 0 Å². The van der Waals surface area contributed by atoms with Crippen molar-refractivity contribution in [1.29, 1.82) is 0 Å². The number of ketones is 1. The van der Waals surface area contributed by atoms with Crippen LogP contribution in [0.1, 0.15) is 24.2 Å². The average Bonchev–Trinajstić information content (AvgIpc) is 2.43. The lowest BCUT2D eigenvalue weighted by atomic mass is 9.91. The molecule has 1 N–H and O–H groups in total. The van der Waals surface area contributed by atoms with E-state index >= 15 is 0 Å². The van der Waals surface area contributed by atoms with E-state index in [-0.39, 0.29) is 5.78 Å².